The van der Waals surface area contributed by atoms with Gasteiger partial charge in [0.05, 0.1) is 0 Å². The Hall–Kier alpha value is -1.61. The molecular weight excluding hydrogens is 224 g/mol. The maximum atomic E-state index is 11.4. The van der Waals surface area contributed by atoms with Gasteiger partial charge in [-0.2, -0.15) is 0 Å². The minimum Gasteiger partial charge on any atom is -0.307 e. The number of nitrogens with one attached hydrogen (secondary N) is 1. The maximum Gasteiger partial charge on any atom is 0.251 e. The SMILES string of the molecule is CCc1cc(=O)[nH]c(-c2ccc(Cl)cc2)n1. The number of hydrogen-bond acceptors (Lipinski definition) is 2. The first-order chi connectivity index (χ1) is 7.69. The van der Waals surface area contributed by atoms with E-state index in [0.29, 0.717) is 10.8 Å². The van der Waals surface area contributed by atoms with Crippen molar-refractivity contribution in [3.8, 4) is 11.4 Å². The highest BCUT2D eigenvalue weighted by atomic mass is 35.5. The normalized spacial score (nSPS) is 10.4. The second-order valence-electron chi connectivity index (χ2n) is 3.45. The van der Waals surface area contributed by atoms with Gasteiger partial charge in [-0.3, -0.25) is 4.79 Å². The van der Waals surface area contributed by atoms with E-state index in [1.54, 1.807) is 12.1 Å². The second-order valence-corrected chi connectivity index (χ2v) is 3.88. The first kappa shape index (κ1) is 10.9. The van der Waals surface area contributed by atoms with Crippen molar-refractivity contribution in [1.82, 2.24) is 9.97 Å². The Morgan fingerprint density at radius 2 is 2.00 bits per heavy atom. The number of aromatic amines is 1. The van der Waals surface area contributed by atoms with Gasteiger partial charge in [-0.25, -0.2) is 4.98 Å². The minimum absolute atomic E-state index is 0.128. The molecule has 0 bridgehead atoms. The summed E-state index contributed by atoms with van der Waals surface area (Å²) in [5.74, 6) is 0.584. The molecule has 0 spiro atoms. The van der Waals surface area contributed by atoms with Crippen molar-refractivity contribution in [3.63, 3.8) is 0 Å². The molecule has 0 unspecified atom stereocenters. The van der Waals surface area contributed by atoms with Gasteiger partial charge in [0.2, 0.25) is 0 Å². The molecule has 0 aliphatic heterocycles. The molecule has 0 atom stereocenters. The van der Waals surface area contributed by atoms with Crippen LogP contribution in [0.4, 0.5) is 0 Å². The smallest absolute Gasteiger partial charge is 0.251 e. The summed E-state index contributed by atoms with van der Waals surface area (Å²) in [7, 11) is 0. The van der Waals surface area contributed by atoms with E-state index in [4.69, 9.17) is 11.6 Å². The molecular formula is C12H11ClN2O. The van der Waals surface area contributed by atoms with Gasteiger partial charge < -0.3 is 4.98 Å². The second kappa shape index (κ2) is 4.49. The fraction of sp³-hybridized carbons (Fsp3) is 0.167. The lowest BCUT2D eigenvalue weighted by atomic mass is 10.2. The molecule has 1 aromatic heterocycles. The van der Waals surface area contributed by atoms with Crippen LogP contribution in [-0.2, 0) is 6.42 Å². The first-order valence-corrected chi connectivity index (χ1v) is 5.43. The van der Waals surface area contributed by atoms with E-state index in [1.807, 2.05) is 19.1 Å². The Kier molecular flexibility index (Phi) is 3.06. The molecule has 2 rings (SSSR count). The number of hydrogen-bond donors (Lipinski definition) is 1. The molecule has 16 heavy (non-hydrogen) atoms. The van der Waals surface area contributed by atoms with E-state index in [1.165, 1.54) is 6.07 Å². The minimum atomic E-state index is -0.128. The number of benzene rings is 1. The highest BCUT2D eigenvalue weighted by Gasteiger charge is 2.02. The molecule has 2 aromatic rings. The third-order valence-electron chi connectivity index (χ3n) is 2.27. The van der Waals surface area contributed by atoms with E-state index in [-0.39, 0.29) is 5.56 Å². The summed E-state index contributed by atoms with van der Waals surface area (Å²) in [6.07, 6.45) is 0.741. The van der Waals surface area contributed by atoms with Gasteiger partial charge in [-0.05, 0) is 30.7 Å². The van der Waals surface area contributed by atoms with Gasteiger partial charge in [-0.1, -0.05) is 18.5 Å². The topological polar surface area (TPSA) is 45.8 Å². The molecule has 0 amide bonds. The van der Waals surface area contributed by atoms with Crippen LogP contribution >= 0.6 is 11.6 Å². The van der Waals surface area contributed by atoms with Gasteiger partial charge in [0.1, 0.15) is 5.82 Å². The van der Waals surface area contributed by atoms with Crippen LogP contribution in [0.3, 0.4) is 0 Å². The molecule has 0 radical (unpaired) electrons. The van der Waals surface area contributed by atoms with Crippen molar-refractivity contribution < 1.29 is 0 Å². The van der Waals surface area contributed by atoms with Gasteiger partial charge in [0, 0.05) is 22.3 Å². The summed E-state index contributed by atoms with van der Waals surface area (Å²) in [5, 5.41) is 0.665. The number of aryl methyl sites for hydroxylation is 1. The number of rotatable bonds is 2. The Balaban J connectivity index is 2.51. The molecule has 82 valence electrons. The number of nitrogens with zero attached hydrogens (tertiary/aromatic N) is 1. The van der Waals surface area contributed by atoms with Crippen molar-refractivity contribution in [2.75, 3.05) is 0 Å². The third kappa shape index (κ3) is 2.31. The zero-order chi connectivity index (χ0) is 11.5. The fourth-order valence-corrected chi connectivity index (χ4v) is 1.56. The first-order valence-electron chi connectivity index (χ1n) is 5.05. The van der Waals surface area contributed by atoms with Gasteiger partial charge in [0.15, 0.2) is 0 Å². The summed E-state index contributed by atoms with van der Waals surface area (Å²) in [4.78, 5) is 18.4. The van der Waals surface area contributed by atoms with Crippen LogP contribution < -0.4 is 5.56 Å². The largest absolute Gasteiger partial charge is 0.307 e. The monoisotopic (exact) mass is 234 g/mol. The van der Waals surface area contributed by atoms with Gasteiger partial charge >= 0.3 is 0 Å². The Morgan fingerprint density at radius 3 is 2.62 bits per heavy atom. The average molecular weight is 235 g/mol. The Bertz CT molecular complexity index is 546. The molecule has 3 nitrogen and oxygen atoms in total. The standard InChI is InChI=1S/C12H11ClN2O/c1-2-10-7-11(16)15-12(14-10)8-3-5-9(13)6-4-8/h3-7H,2H2,1H3,(H,14,15,16). The van der Waals surface area contributed by atoms with Crippen LogP contribution in [0.1, 0.15) is 12.6 Å². The van der Waals surface area contributed by atoms with Crippen LogP contribution in [0.25, 0.3) is 11.4 Å². The third-order valence-corrected chi connectivity index (χ3v) is 2.53. The lowest BCUT2D eigenvalue weighted by Gasteiger charge is -2.02. The molecule has 1 heterocycles. The van der Waals surface area contributed by atoms with Crippen LogP contribution in [0, 0.1) is 0 Å². The zero-order valence-electron chi connectivity index (χ0n) is 8.83. The summed E-state index contributed by atoms with van der Waals surface area (Å²) in [6.45, 7) is 1.97. The van der Waals surface area contributed by atoms with E-state index in [2.05, 4.69) is 9.97 Å². The molecule has 1 aromatic carbocycles. The van der Waals surface area contributed by atoms with Crippen molar-refractivity contribution in [2.45, 2.75) is 13.3 Å². The van der Waals surface area contributed by atoms with Crippen LogP contribution in [-0.4, -0.2) is 9.97 Å². The summed E-state index contributed by atoms with van der Waals surface area (Å²) in [5.41, 5.74) is 1.52. The van der Waals surface area contributed by atoms with E-state index in [0.717, 1.165) is 17.7 Å². The van der Waals surface area contributed by atoms with Crippen molar-refractivity contribution in [3.05, 3.63) is 51.4 Å². The Labute approximate surface area is 98.1 Å². The molecule has 0 saturated heterocycles. The van der Waals surface area contributed by atoms with Gasteiger partial charge in [0.25, 0.3) is 5.56 Å². The van der Waals surface area contributed by atoms with Crippen LogP contribution in [0.2, 0.25) is 5.02 Å². The number of aromatic nitrogens is 2. The molecule has 0 saturated carbocycles. The van der Waals surface area contributed by atoms with Crippen molar-refractivity contribution >= 4 is 11.6 Å². The quantitative estimate of drug-likeness (QED) is 0.868. The summed E-state index contributed by atoms with van der Waals surface area (Å²) >= 11 is 5.80. The maximum absolute atomic E-state index is 11.4. The highest BCUT2D eigenvalue weighted by Crippen LogP contribution is 2.17. The lowest BCUT2D eigenvalue weighted by molar-refractivity contribution is 0.987. The lowest BCUT2D eigenvalue weighted by Crippen LogP contribution is -2.09. The van der Waals surface area contributed by atoms with Gasteiger partial charge in [-0.15, -0.1) is 0 Å². The molecule has 0 aliphatic rings. The molecule has 0 fully saturated rings. The predicted molar refractivity (Wildman–Crippen MR) is 64.7 cm³/mol. The average Bonchev–Trinajstić information content (AvgIpc) is 2.29. The van der Waals surface area contributed by atoms with E-state index >= 15 is 0 Å². The fourth-order valence-electron chi connectivity index (χ4n) is 1.43. The zero-order valence-corrected chi connectivity index (χ0v) is 9.58. The highest BCUT2D eigenvalue weighted by molar-refractivity contribution is 6.30. The summed E-state index contributed by atoms with van der Waals surface area (Å²) in [6, 6.07) is 8.73. The number of halogens is 1. The van der Waals surface area contributed by atoms with Crippen LogP contribution in [0.15, 0.2) is 35.1 Å². The number of H-pyrrole nitrogens is 1. The molecule has 1 N–H and O–H groups in total. The van der Waals surface area contributed by atoms with Crippen LogP contribution in [0.5, 0.6) is 0 Å². The van der Waals surface area contributed by atoms with Crippen molar-refractivity contribution in [1.29, 1.82) is 0 Å². The summed E-state index contributed by atoms with van der Waals surface area (Å²) < 4.78 is 0. The van der Waals surface area contributed by atoms with E-state index in [9.17, 15) is 4.79 Å². The predicted octanol–water partition coefficient (Wildman–Crippen LogP) is 2.65. The Morgan fingerprint density at radius 1 is 1.31 bits per heavy atom. The van der Waals surface area contributed by atoms with Crippen molar-refractivity contribution in [2.24, 2.45) is 0 Å². The molecule has 0 aliphatic carbocycles. The molecule has 4 heteroatoms. The van der Waals surface area contributed by atoms with E-state index < -0.39 is 0 Å².